The third kappa shape index (κ3) is 2.33. The predicted molar refractivity (Wildman–Crippen MR) is 68.4 cm³/mol. The molecule has 2 rings (SSSR count). The molecule has 1 aromatic carbocycles. The van der Waals surface area contributed by atoms with Crippen molar-refractivity contribution < 1.29 is 4.79 Å². The summed E-state index contributed by atoms with van der Waals surface area (Å²) in [4.78, 5) is 11.6. The van der Waals surface area contributed by atoms with Crippen molar-refractivity contribution in [3.8, 4) is 0 Å². The molecule has 1 atom stereocenters. The molecule has 0 spiro atoms. The van der Waals surface area contributed by atoms with E-state index in [1.54, 1.807) is 0 Å². The van der Waals surface area contributed by atoms with Gasteiger partial charge in [0.1, 0.15) is 0 Å². The largest absolute Gasteiger partial charge is 0.327 e. The lowest BCUT2D eigenvalue weighted by Crippen LogP contribution is -2.44. The average Bonchev–Trinajstić information content (AvgIpc) is 2.28. The van der Waals surface area contributed by atoms with Crippen molar-refractivity contribution in [1.29, 1.82) is 0 Å². The van der Waals surface area contributed by atoms with Crippen LogP contribution in [0.4, 0.5) is 4.79 Å². The van der Waals surface area contributed by atoms with Gasteiger partial charge in [-0.05, 0) is 24.0 Å². The Bertz CT molecular complexity index is 449. The minimum atomic E-state index is -0.124. The van der Waals surface area contributed by atoms with E-state index in [1.165, 1.54) is 5.57 Å². The first-order valence-corrected chi connectivity index (χ1v) is 5.92. The van der Waals surface area contributed by atoms with Gasteiger partial charge in [-0.1, -0.05) is 44.2 Å². The van der Waals surface area contributed by atoms with Gasteiger partial charge in [0.05, 0.1) is 6.04 Å². The van der Waals surface area contributed by atoms with Crippen LogP contribution in [-0.4, -0.2) is 6.03 Å². The summed E-state index contributed by atoms with van der Waals surface area (Å²) in [5.41, 5.74) is 3.35. The van der Waals surface area contributed by atoms with Gasteiger partial charge in [0.15, 0.2) is 0 Å². The molecule has 1 heterocycles. The molecule has 1 aromatic rings. The van der Waals surface area contributed by atoms with E-state index in [4.69, 9.17) is 0 Å². The van der Waals surface area contributed by atoms with E-state index >= 15 is 0 Å². The summed E-state index contributed by atoms with van der Waals surface area (Å²) >= 11 is 0. The van der Waals surface area contributed by atoms with Gasteiger partial charge in [-0.3, -0.25) is 0 Å². The van der Waals surface area contributed by atoms with Gasteiger partial charge < -0.3 is 10.6 Å². The van der Waals surface area contributed by atoms with Crippen molar-refractivity contribution in [2.45, 2.75) is 26.8 Å². The molecule has 0 saturated carbocycles. The molecule has 1 aliphatic heterocycles. The molecule has 2 amide bonds. The lowest BCUT2D eigenvalue weighted by Gasteiger charge is -2.31. The number of amides is 2. The maximum atomic E-state index is 11.6. The Morgan fingerprint density at radius 1 is 1.18 bits per heavy atom. The first-order chi connectivity index (χ1) is 8.09. The number of hydrogen-bond acceptors (Lipinski definition) is 1. The summed E-state index contributed by atoms with van der Waals surface area (Å²) in [6.07, 6.45) is 0. The highest BCUT2D eigenvalue weighted by Gasteiger charge is 2.27. The number of hydrogen-bond donors (Lipinski definition) is 2. The maximum absolute atomic E-state index is 11.6. The van der Waals surface area contributed by atoms with E-state index < -0.39 is 0 Å². The fourth-order valence-corrected chi connectivity index (χ4v) is 2.38. The molecule has 3 heteroatoms. The van der Waals surface area contributed by atoms with E-state index in [2.05, 4.69) is 24.5 Å². The molecule has 0 saturated heterocycles. The average molecular weight is 230 g/mol. The number of allylic oxidation sites excluding steroid dienone is 1. The first-order valence-electron chi connectivity index (χ1n) is 5.92. The molecule has 1 aliphatic rings. The van der Waals surface area contributed by atoms with Gasteiger partial charge in [0.25, 0.3) is 0 Å². The Hall–Kier alpha value is -1.77. The highest BCUT2D eigenvalue weighted by Crippen LogP contribution is 2.31. The first kappa shape index (κ1) is 11.7. The highest BCUT2D eigenvalue weighted by atomic mass is 16.2. The van der Waals surface area contributed by atoms with Gasteiger partial charge in [-0.2, -0.15) is 0 Å². The van der Waals surface area contributed by atoms with E-state index in [-0.39, 0.29) is 12.1 Å². The second-order valence-electron chi connectivity index (χ2n) is 4.68. The molecule has 0 aromatic heterocycles. The van der Waals surface area contributed by atoms with E-state index in [1.807, 2.05) is 37.3 Å². The predicted octanol–water partition coefficient (Wildman–Crippen LogP) is 2.97. The van der Waals surface area contributed by atoms with Gasteiger partial charge in [-0.15, -0.1) is 0 Å². The van der Waals surface area contributed by atoms with Crippen LogP contribution in [-0.2, 0) is 0 Å². The van der Waals surface area contributed by atoms with Crippen molar-refractivity contribution in [2.24, 2.45) is 5.92 Å². The van der Waals surface area contributed by atoms with Gasteiger partial charge in [0, 0.05) is 5.70 Å². The SMILES string of the molecule is CC1=C(C(C)C)C(c2ccccc2)NC(=O)N1. The van der Waals surface area contributed by atoms with E-state index in [0.29, 0.717) is 5.92 Å². The molecular weight excluding hydrogens is 212 g/mol. The molecule has 17 heavy (non-hydrogen) atoms. The van der Waals surface area contributed by atoms with Crippen LogP contribution in [0.3, 0.4) is 0 Å². The Labute approximate surface area is 102 Å². The van der Waals surface area contributed by atoms with Crippen molar-refractivity contribution in [3.05, 3.63) is 47.2 Å². The Kier molecular flexibility index (Phi) is 3.18. The zero-order valence-corrected chi connectivity index (χ0v) is 10.4. The summed E-state index contributed by atoms with van der Waals surface area (Å²) < 4.78 is 0. The maximum Gasteiger partial charge on any atom is 0.319 e. The van der Waals surface area contributed by atoms with Crippen LogP contribution in [0, 0.1) is 5.92 Å². The smallest absolute Gasteiger partial charge is 0.319 e. The molecule has 1 unspecified atom stereocenters. The summed E-state index contributed by atoms with van der Waals surface area (Å²) in [5.74, 6) is 0.397. The van der Waals surface area contributed by atoms with Crippen molar-refractivity contribution in [1.82, 2.24) is 10.6 Å². The summed E-state index contributed by atoms with van der Waals surface area (Å²) in [7, 11) is 0. The molecule has 0 aliphatic carbocycles. The fraction of sp³-hybridized carbons (Fsp3) is 0.357. The number of urea groups is 1. The normalized spacial score (nSPS) is 20.2. The van der Waals surface area contributed by atoms with Gasteiger partial charge in [-0.25, -0.2) is 4.79 Å². The number of carbonyl (C=O) groups is 1. The molecule has 2 N–H and O–H groups in total. The second kappa shape index (κ2) is 4.62. The molecule has 0 radical (unpaired) electrons. The topological polar surface area (TPSA) is 41.1 Å². The minimum absolute atomic E-state index is 0.00931. The van der Waals surface area contributed by atoms with Gasteiger partial charge in [0.2, 0.25) is 0 Å². The van der Waals surface area contributed by atoms with Crippen LogP contribution in [0.15, 0.2) is 41.6 Å². The summed E-state index contributed by atoms with van der Waals surface area (Å²) in [5, 5.41) is 5.83. The van der Waals surface area contributed by atoms with Gasteiger partial charge >= 0.3 is 6.03 Å². The number of rotatable bonds is 2. The summed E-state index contributed by atoms with van der Waals surface area (Å²) in [6, 6.07) is 9.94. The van der Waals surface area contributed by atoms with Crippen molar-refractivity contribution in [2.75, 3.05) is 0 Å². The van der Waals surface area contributed by atoms with Crippen LogP contribution in [0.5, 0.6) is 0 Å². The quantitative estimate of drug-likeness (QED) is 0.805. The zero-order valence-electron chi connectivity index (χ0n) is 10.4. The minimum Gasteiger partial charge on any atom is -0.327 e. The van der Waals surface area contributed by atoms with E-state index in [0.717, 1.165) is 11.3 Å². The number of nitrogens with one attached hydrogen (secondary N) is 2. The van der Waals surface area contributed by atoms with Crippen LogP contribution < -0.4 is 10.6 Å². The van der Waals surface area contributed by atoms with E-state index in [9.17, 15) is 4.79 Å². The molecule has 0 bridgehead atoms. The zero-order chi connectivity index (χ0) is 12.4. The Balaban J connectivity index is 2.44. The standard InChI is InChI=1S/C14H18N2O/c1-9(2)12-10(3)15-14(17)16-13(12)11-7-5-4-6-8-11/h4-9,13H,1-3H3,(H2,15,16,17). The fourth-order valence-electron chi connectivity index (χ4n) is 2.38. The van der Waals surface area contributed by atoms with Crippen LogP contribution in [0.25, 0.3) is 0 Å². The highest BCUT2D eigenvalue weighted by molar-refractivity contribution is 5.78. The lowest BCUT2D eigenvalue weighted by atomic mass is 9.88. The molecule has 3 nitrogen and oxygen atoms in total. The van der Waals surface area contributed by atoms with Crippen LogP contribution >= 0.6 is 0 Å². The number of carbonyl (C=O) groups excluding carboxylic acids is 1. The Morgan fingerprint density at radius 2 is 1.82 bits per heavy atom. The number of benzene rings is 1. The van der Waals surface area contributed by atoms with Crippen LogP contribution in [0.1, 0.15) is 32.4 Å². The third-order valence-electron chi connectivity index (χ3n) is 3.08. The van der Waals surface area contributed by atoms with Crippen molar-refractivity contribution in [3.63, 3.8) is 0 Å². The molecular formula is C14H18N2O. The molecule has 90 valence electrons. The van der Waals surface area contributed by atoms with Crippen molar-refractivity contribution >= 4 is 6.03 Å². The third-order valence-corrected chi connectivity index (χ3v) is 3.08. The van der Waals surface area contributed by atoms with Crippen LogP contribution in [0.2, 0.25) is 0 Å². The second-order valence-corrected chi connectivity index (χ2v) is 4.68. The lowest BCUT2D eigenvalue weighted by molar-refractivity contribution is 0.237. The molecule has 0 fully saturated rings. The summed E-state index contributed by atoms with van der Waals surface area (Å²) in [6.45, 7) is 6.26. The Morgan fingerprint density at radius 3 is 2.41 bits per heavy atom. The monoisotopic (exact) mass is 230 g/mol.